The van der Waals surface area contributed by atoms with Crippen molar-refractivity contribution in [1.82, 2.24) is 20.4 Å². The lowest BCUT2D eigenvalue weighted by Gasteiger charge is -2.06. The van der Waals surface area contributed by atoms with E-state index >= 15 is 0 Å². The van der Waals surface area contributed by atoms with Crippen molar-refractivity contribution in [3.63, 3.8) is 0 Å². The van der Waals surface area contributed by atoms with E-state index in [9.17, 15) is 4.79 Å². The summed E-state index contributed by atoms with van der Waals surface area (Å²) in [4.78, 5) is 12.2. The van der Waals surface area contributed by atoms with Gasteiger partial charge in [-0.25, -0.2) is 0 Å². The van der Waals surface area contributed by atoms with Crippen LogP contribution in [-0.2, 0) is 4.79 Å². The molecule has 4 aromatic rings. The summed E-state index contributed by atoms with van der Waals surface area (Å²) in [5, 5.41) is 22.6. The van der Waals surface area contributed by atoms with Crippen LogP contribution in [0.15, 0.2) is 63.4 Å². The molecule has 31 heavy (non-hydrogen) atoms. The maximum Gasteiger partial charge on any atom is 0.322 e. The Hall–Kier alpha value is -3.24. The van der Waals surface area contributed by atoms with Crippen molar-refractivity contribution in [3.8, 4) is 11.5 Å². The molecule has 0 spiro atoms. The highest BCUT2D eigenvalue weighted by molar-refractivity contribution is 8.01. The Balaban J connectivity index is 1.27. The van der Waals surface area contributed by atoms with Crippen LogP contribution < -0.4 is 10.6 Å². The number of hydrogen-bond donors (Lipinski definition) is 2. The Morgan fingerprint density at radius 3 is 2.55 bits per heavy atom. The van der Waals surface area contributed by atoms with Gasteiger partial charge in [0, 0.05) is 11.3 Å². The largest absolute Gasteiger partial charge is 0.403 e. The predicted molar refractivity (Wildman–Crippen MR) is 123 cm³/mol. The Labute approximate surface area is 187 Å². The van der Waals surface area contributed by atoms with Crippen molar-refractivity contribution in [2.75, 3.05) is 16.4 Å². The van der Waals surface area contributed by atoms with Crippen molar-refractivity contribution < 1.29 is 9.21 Å². The average molecular weight is 453 g/mol. The first-order valence-electron chi connectivity index (χ1n) is 9.59. The van der Waals surface area contributed by atoms with E-state index in [4.69, 9.17) is 4.42 Å². The third-order valence-electron chi connectivity index (χ3n) is 4.25. The summed E-state index contributed by atoms with van der Waals surface area (Å²) in [6.45, 7) is 4.32. The van der Waals surface area contributed by atoms with Crippen LogP contribution in [0.25, 0.3) is 11.5 Å². The molecule has 0 fully saturated rings. The van der Waals surface area contributed by atoms with Crippen molar-refractivity contribution in [1.29, 1.82) is 0 Å². The lowest BCUT2D eigenvalue weighted by atomic mass is 10.0. The van der Waals surface area contributed by atoms with E-state index < -0.39 is 0 Å². The maximum absolute atomic E-state index is 12.2. The number of anilines is 3. The number of hydrogen-bond acceptors (Lipinski definition) is 9. The number of carbonyl (C=O) groups is 1. The third-order valence-corrected chi connectivity index (χ3v) is 6.23. The first-order chi connectivity index (χ1) is 15.1. The number of rotatable bonds is 8. The lowest BCUT2D eigenvalue weighted by molar-refractivity contribution is -0.113. The number of nitrogens with zero attached hydrogens (tertiary/aromatic N) is 4. The smallest absolute Gasteiger partial charge is 0.322 e. The van der Waals surface area contributed by atoms with E-state index in [0.717, 1.165) is 11.3 Å². The summed E-state index contributed by atoms with van der Waals surface area (Å²) < 4.78 is 6.17. The molecule has 0 aliphatic carbocycles. The number of amides is 1. The molecule has 0 aliphatic rings. The second-order valence-corrected chi connectivity index (χ2v) is 9.09. The lowest BCUT2D eigenvalue weighted by Crippen LogP contribution is -2.14. The number of nitrogens with one attached hydrogen (secondary N) is 2. The van der Waals surface area contributed by atoms with Gasteiger partial charge in [-0.3, -0.25) is 10.1 Å². The minimum atomic E-state index is -0.262. The van der Waals surface area contributed by atoms with Gasteiger partial charge in [0.05, 0.1) is 5.75 Å². The Bertz CT molecular complexity index is 1140. The molecular formula is C21H20N6O2S2. The maximum atomic E-state index is 12.2. The highest BCUT2D eigenvalue weighted by atomic mass is 32.2. The van der Waals surface area contributed by atoms with E-state index in [0.29, 0.717) is 21.3 Å². The van der Waals surface area contributed by atoms with Gasteiger partial charge in [-0.15, -0.1) is 15.3 Å². The van der Waals surface area contributed by atoms with E-state index in [1.807, 2.05) is 42.5 Å². The average Bonchev–Trinajstić information content (AvgIpc) is 3.43. The molecule has 2 aromatic heterocycles. The van der Waals surface area contributed by atoms with Gasteiger partial charge < -0.3 is 9.73 Å². The molecular weight excluding hydrogens is 432 g/mol. The second kappa shape index (κ2) is 9.71. The number of thioether (sulfide) groups is 1. The van der Waals surface area contributed by atoms with Crippen LogP contribution in [-0.4, -0.2) is 32.1 Å². The molecule has 0 atom stereocenters. The van der Waals surface area contributed by atoms with Crippen LogP contribution in [0.4, 0.5) is 16.8 Å². The van der Waals surface area contributed by atoms with Crippen LogP contribution in [0.3, 0.4) is 0 Å². The van der Waals surface area contributed by atoms with Crippen molar-refractivity contribution in [3.05, 3.63) is 60.2 Å². The number of aromatic nitrogens is 4. The van der Waals surface area contributed by atoms with Gasteiger partial charge in [-0.1, -0.05) is 72.4 Å². The van der Waals surface area contributed by atoms with Crippen molar-refractivity contribution >= 4 is 45.8 Å². The van der Waals surface area contributed by atoms with E-state index in [1.165, 1.54) is 28.7 Å². The second-order valence-electron chi connectivity index (χ2n) is 6.89. The first-order valence-corrected chi connectivity index (χ1v) is 11.4. The van der Waals surface area contributed by atoms with Gasteiger partial charge in [0.1, 0.15) is 0 Å². The van der Waals surface area contributed by atoms with Gasteiger partial charge in [-0.2, -0.15) is 0 Å². The van der Waals surface area contributed by atoms with Crippen molar-refractivity contribution in [2.45, 2.75) is 24.1 Å². The monoisotopic (exact) mass is 452 g/mol. The Kier molecular flexibility index (Phi) is 6.58. The molecule has 0 saturated heterocycles. The third kappa shape index (κ3) is 5.68. The summed E-state index contributed by atoms with van der Waals surface area (Å²) in [6, 6.07) is 17.6. The topological polar surface area (TPSA) is 106 Å². The molecule has 158 valence electrons. The molecule has 0 radical (unpaired) electrons. The summed E-state index contributed by atoms with van der Waals surface area (Å²) in [6.07, 6.45) is 0. The molecule has 0 aliphatic heterocycles. The fourth-order valence-corrected chi connectivity index (χ4v) is 4.22. The molecule has 2 N–H and O–H groups in total. The normalized spacial score (nSPS) is 10.9. The molecule has 2 aromatic carbocycles. The quantitative estimate of drug-likeness (QED) is 0.352. The highest BCUT2D eigenvalue weighted by Crippen LogP contribution is 2.28. The van der Waals surface area contributed by atoms with Gasteiger partial charge in [0.25, 0.3) is 0 Å². The minimum absolute atomic E-state index is 0.0638. The van der Waals surface area contributed by atoms with Crippen LogP contribution in [0, 0.1) is 0 Å². The van der Waals surface area contributed by atoms with E-state index in [1.54, 1.807) is 0 Å². The fraction of sp³-hybridized carbons (Fsp3) is 0.190. The predicted octanol–water partition coefficient (Wildman–Crippen LogP) is 5.19. The summed E-state index contributed by atoms with van der Waals surface area (Å²) in [5.74, 6) is 0.731. The molecule has 8 nitrogen and oxygen atoms in total. The SMILES string of the molecule is CC(C)c1ccc(Nc2nnc(SCC(=O)Nc3nnc(-c4ccccc4)o3)s2)cc1. The Morgan fingerprint density at radius 1 is 1.03 bits per heavy atom. The highest BCUT2D eigenvalue weighted by Gasteiger charge is 2.13. The van der Waals surface area contributed by atoms with Crippen LogP contribution >= 0.6 is 23.1 Å². The van der Waals surface area contributed by atoms with Crippen molar-refractivity contribution in [2.24, 2.45) is 0 Å². The van der Waals surface area contributed by atoms with Gasteiger partial charge >= 0.3 is 6.01 Å². The van der Waals surface area contributed by atoms with Gasteiger partial charge in [0.2, 0.25) is 16.9 Å². The number of benzene rings is 2. The fourth-order valence-electron chi connectivity index (χ4n) is 2.65. The molecule has 1 amide bonds. The molecule has 4 rings (SSSR count). The van der Waals surface area contributed by atoms with Crippen LogP contribution in [0.2, 0.25) is 0 Å². The zero-order chi connectivity index (χ0) is 21.6. The van der Waals surface area contributed by atoms with E-state index in [2.05, 4.69) is 57.0 Å². The molecule has 0 saturated carbocycles. The zero-order valence-electron chi connectivity index (χ0n) is 16.9. The molecule has 10 heteroatoms. The first kappa shape index (κ1) is 21.0. The zero-order valence-corrected chi connectivity index (χ0v) is 18.5. The van der Waals surface area contributed by atoms with Crippen LogP contribution in [0.1, 0.15) is 25.3 Å². The minimum Gasteiger partial charge on any atom is -0.403 e. The van der Waals surface area contributed by atoms with Gasteiger partial charge in [0.15, 0.2) is 4.34 Å². The molecule has 0 bridgehead atoms. The van der Waals surface area contributed by atoms with Crippen LogP contribution in [0.5, 0.6) is 0 Å². The number of carbonyl (C=O) groups excluding carboxylic acids is 1. The molecule has 2 heterocycles. The van der Waals surface area contributed by atoms with Gasteiger partial charge in [-0.05, 0) is 35.7 Å². The summed E-state index contributed by atoms with van der Waals surface area (Å²) in [7, 11) is 0. The Morgan fingerprint density at radius 2 is 1.81 bits per heavy atom. The molecule has 0 unspecified atom stereocenters. The summed E-state index contributed by atoms with van der Waals surface area (Å²) in [5.41, 5.74) is 3.01. The van der Waals surface area contributed by atoms with E-state index in [-0.39, 0.29) is 17.7 Å². The summed E-state index contributed by atoms with van der Waals surface area (Å²) >= 11 is 2.68. The standard InChI is InChI=1S/C21H20N6O2S2/c1-13(2)14-8-10-16(11-9-14)22-20-26-27-21(31-20)30-12-17(28)23-19-25-24-18(29-19)15-6-4-3-5-7-15/h3-11,13H,12H2,1-2H3,(H,22,26)(H,23,25,28).